The number of hydrogen-bond acceptors (Lipinski definition) is 1. The predicted molar refractivity (Wildman–Crippen MR) is 226 cm³/mol. The summed E-state index contributed by atoms with van der Waals surface area (Å²) in [6.45, 7) is 0.303. The number of benzene rings is 6. The van der Waals surface area contributed by atoms with Gasteiger partial charge in [0.15, 0.2) is 12.7 Å². The number of aromatic nitrogens is 1. The third-order valence-electron chi connectivity index (χ3n) is 11.7. The first-order chi connectivity index (χ1) is 35.8. The van der Waals surface area contributed by atoms with Gasteiger partial charge in [0.2, 0.25) is 0 Å². The van der Waals surface area contributed by atoms with Gasteiger partial charge in [-0.05, 0) is 35.7 Å². The van der Waals surface area contributed by atoms with E-state index in [2.05, 4.69) is 4.74 Å². The minimum absolute atomic E-state index is 0.200. The number of nitrogens with zero attached hydrogens (tertiary/aromatic N) is 1. The maximum atomic E-state index is 14.2. The maximum absolute atomic E-state index is 14.2. The molecule has 0 fully saturated rings. The van der Waals surface area contributed by atoms with Gasteiger partial charge in [-0.25, -0.2) is 0 Å². The molecule has 0 bridgehead atoms. The highest BCUT2D eigenvalue weighted by Gasteiger charge is 2.47. The second-order valence-electron chi connectivity index (χ2n) is 17.1. The molecule has 7 rings (SSSR count). The highest BCUT2D eigenvalue weighted by Crippen LogP contribution is 2.42. The fraction of sp³-hybridized carbons (Fsp3) is 0.204. The molecule has 0 radical (unpaired) electrons. The van der Waals surface area contributed by atoms with Gasteiger partial charge in [-0.1, -0.05) is 97.1 Å². The summed E-state index contributed by atoms with van der Waals surface area (Å²) in [5.74, 6) is -0.200. The monoisotopic (exact) mass is 1170 g/mol. The average Bonchev–Trinajstić information content (AvgIpc) is 3.31. The van der Waals surface area contributed by atoms with Gasteiger partial charge in [0, 0.05) is 11.6 Å². The van der Waals surface area contributed by atoms with E-state index < -0.39 is 201 Å². The summed E-state index contributed by atoms with van der Waals surface area (Å²) in [5.41, 5.74) is -29.3. The number of fused-ring (bicyclic) bond motifs is 1. The Morgan fingerprint density at radius 3 is 0.848 bits per heavy atom. The summed E-state index contributed by atoms with van der Waals surface area (Å²) < 4.78 is 385. The Morgan fingerprint density at radius 1 is 0.316 bits per heavy atom. The second-order valence-corrected chi connectivity index (χ2v) is 17.1. The zero-order chi connectivity index (χ0) is 59.5. The lowest BCUT2D eigenvalue weighted by Crippen LogP contribution is -2.75. The van der Waals surface area contributed by atoms with Crippen LogP contribution in [0.1, 0.15) is 50.1 Å². The smallest absolute Gasteiger partial charge is 0.350 e. The van der Waals surface area contributed by atoms with E-state index in [1.54, 1.807) is 36.5 Å². The lowest BCUT2D eigenvalue weighted by molar-refractivity contribution is -0.696. The molecule has 30 heteroatoms. The normalized spacial score (nSPS) is 13.6. The van der Waals surface area contributed by atoms with Crippen LogP contribution in [-0.2, 0) is 56.0 Å². The van der Waals surface area contributed by atoms with Crippen LogP contribution in [0.25, 0.3) is 10.8 Å². The summed E-state index contributed by atoms with van der Waals surface area (Å²) in [4.78, 5) is 0. The van der Waals surface area contributed by atoms with Gasteiger partial charge in [0.05, 0.1) is 49.9 Å². The van der Waals surface area contributed by atoms with Crippen molar-refractivity contribution >= 4 is 38.8 Å². The summed E-state index contributed by atoms with van der Waals surface area (Å²) in [6.07, 6.45) is -57.9. The molecule has 0 aliphatic rings. The Morgan fingerprint density at radius 2 is 0.582 bits per heavy atom. The van der Waals surface area contributed by atoms with Gasteiger partial charge < -0.3 is 4.74 Å². The van der Waals surface area contributed by atoms with Crippen molar-refractivity contribution in [2.24, 2.45) is 0 Å². The minimum Gasteiger partial charge on any atom is -0.350 e. The van der Waals surface area contributed by atoms with E-state index in [4.69, 9.17) is 0 Å². The van der Waals surface area contributed by atoms with Crippen molar-refractivity contribution in [2.45, 2.75) is 62.3 Å². The van der Waals surface area contributed by atoms with Gasteiger partial charge in [-0.2, -0.15) is 132 Å². The fourth-order valence-electron chi connectivity index (χ4n) is 8.43. The Hall–Kier alpha value is -7.30. The first-order valence-electron chi connectivity index (χ1n) is 21.4. The van der Waals surface area contributed by atoms with Crippen LogP contribution >= 0.6 is 0 Å². The summed E-state index contributed by atoms with van der Waals surface area (Å²) in [6, 6.07) is 9.10. The first kappa shape index (κ1) is 60.9. The van der Waals surface area contributed by atoms with Gasteiger partial charge in [0.1, 0.15) is 6.15 Å². The Balaban J connectivity index is 0.000000378. The molecule has 7 aromatic rings. The molecular weight excluding hydrogens is 1140 g/mol. The van der Waals surface area contributed by atoms with Crippen LogP contribution in [-0.4, -0.2) is 12.5 Å². The van der Waals surface area contributed by atoms with Crippen molar-refractivity contribution < 1.29 is 128 Å². The van der Waals surface area contributed by atoms with Crippen molar-refractivity contribution in [2.75, 3.05) is 0 Å². The topological polar surface area (TPSA) is 13.1 Å². The zero-order valence-electron chi connectivity index (χ0n) is 38.1. The molecule has 1 heterocycles. The van der Waals surface area contributed by atoms with Gasteiger partial charge in [-0.15, -0.1) is 13.2 Å². The van der Waals surface area contributed by atoms with Crippen LogP contribution in [0.15, 0.2) is 140 Å². The van der Waals surface area contributed by atoms with Gasteiger partial charge in [0.25, 0.3) is 0 Å². The van der Waals surface area contributed by atoms with Crippen LogP contribution in [0, 0.1) is 0 Å². The molecule has 6 aromatic carbocycles. The van der Waals surface area contributed by atoms with E-state index in [1.165, 1.54) is 4.57 Å². The number of pyridine rings is 1. The maximum Gasteiger partial charge on any atom is 0.577 e. The van der Waals surface area contributed by atoms with Crippen molar-refractivity contribution in [3.05, 3.63) is 190 Å². The molecule has 0 saturated carbocycles. The second kappa shape index (κ2) is 20.7. The predicted octanol–water partition coefficient (Wildman–Crippen LogP) is 15.3. The molecule has 1 aromatic heterocycles. The lowest BCUT2D eigenvalue weighted by atomic mass is 9.12. The first-order valence-corrected chi connectivity index (χ1v) is 21.4. The molecule has 0 aliphatic heterocycles. The minimum atomic E-state index is -6.13. The fourth-order valence-corrected chi connectivity index (χ4v) is 8.43. The Kier molecular flexibility index (Phi) is 16.0. The number of rotatable bonds is 7. The SMILES string of the molecule is FC(F)(F)Oc1c2ccccc2cc[n+]1Cc1ccccc1.FC(F)(F)c1cc([B-](c2cc(C(F)(F)F)cc(C(F)(F)F)c2)(c2cc(C(F)(F)F)cc(C(F)(F)F)c2)c2cc(C(F)(F)F)cc(C(F)(F)F)c2)cc(C(F)(F)F)c1. The van der Waals surface area contributed by atoms with E-state index in [-0.39, 0.29) is 5.88 Å². The standard InChI is InChI=1S/C32H12BF24.C17H13F3NO/c34-25(35,36)13-1-14(26(37,38)39)6-21(5-13)33(22-7-15(27(40,41)42)2-16(8-22)28(43,44)45,23-9-17(29(46,47)48)3-18(10-23)30(49,50)51)24-11-19(31(52,53)54)4-20(12-24)32(55,56)57;18-17(19,20)22-16-15-9-5-4-8-14(15)10-11-21(16)12-13-6-2-1-3-7-13/h1-12H;1-11H,12H2/q-1;+1. The van der Waals surface area contributed by atoms with Gasteiger partial charge >= 0.3 is 61.7 Å². The zero-order valence-corrected chi connectivity index (χ0v) is 38.1. The number of alkyl halides is 27. The third-order valence-corrected chi connectivity index (χ3v) is 11.7. The van der Waals surface area contributed by atoms with Crippen LogP contribution < -0.4 is 31.2 Å². The number of halogens is 27. The molecule has 79 heavy (non-hydrogen) atoms. The Labute approximate surface area is 424 Å². The number of hydrogen-bond donors (Lipinski definition) is 0. The molecule has 2 nitrogen and oxygen atoms in total. The molecular formula is C49H25BF27NO. The highest BCUT2D eigenvalue weighted by molar-refractivity contribution is 7.20. The molecule has 0 atom stereocenters. The van der Waals surface area contributed by atoms with Crippen molar-refractivity contribution in [1.29, 1.82) is 0 Å². The molecule has 0 unspecified atom stereocenters. The lowest BCUT2D eigenvalue weighted by Gasteiger charge is -2.46. The van der Waals surface area contributed by atoms with Crippen LogP contribution in [0.4, 0.5) is 119 Å². The van der Waals surface area contributed by atoms with Gasteiger partial charge in [-0.3, -0.25) is 0 Å². The molecule has 0 N–H and O–H groups in total. The number of ether oxygens (including phenoxy) is 1. The van der Waals surface area contributed by atoms with Crippen molar-refractivity contribution in [3.63, 3.8) is 0 Å². The molecule has 0 saturated heterocycles. The van der Waals surface area contributed by atoms with E-state index in [9.17, 15) is 119 Å². The van der Waals surface area contributed by atoms with E-state index in [0.717, 1.165) is 5.56 Å². The van der Waals surface area contributed by atoms with Crippen molar-refractivity contribution in [1.82, 2.24) is 0 Å². The van der Waals surface area contributed by atoms with Crippen LogP contribution in [0.5, 0.6) is 5.88 Å². The molecule has 424 valence electrons. The quantitative estimate of drug-likeness (QED) is 0.0881. The van der Waals surface area contributed by atoms with E-state index in [1.807, 2.05) is 30.3 Å². The highest BCUT2D eigenvalue weighted by atomic mass is 19.4. The van der Waals surface area contributed by atoms with Crippen LogP contribution in [0.2, 0.25) is 0 Å². The van der Waals surface area contributed by atoms with Crippen molar-refractivity contribution in [3.8, 4) is 5.88 Å². The molecule has 0 amide bonds. The van der Waals surface area contributed by atoms with E-state index >= 15 is 0 Å². The largest absolute Gasteiger partial charge is 0.577 e. The molecule has 0 spiro atoms. The average molecular weight is 1170 g/mol. The summed E-state index contributed by atoms with van der Waals surface area (Å²) >= 11 is 0. The summed E-state index contributed by atoms with van der Waals surface area (Å²) in [7, 11) is 0. The summed E-state index contributed by atoms with van der Waals surface area (Å²) in [5, 5.41) is 1.13. The van der Waals surface area contributed by atoms with E-state index in [0.29, 0.717) is 17.3 Å². The molecule has 0 aliphatic carbocycles. The third kappa shape index (κ3) is 14.1. The van der Waals surface area contributed by atoms with Crippen LogP contribution in [0.3, 0.4) is 0 Å². The Bertz CT molecular complexity index is 2880.